The Bertz CT molecular complexity index is 869. The molecule has 1 heterocycles. The van der Waals surface area contributed by atoms with Crippen LogP contribution in [0.3, 0.4) is 0 Å². The van der Waals surface area contributed by atoms with Gasteiger partial charge in [0.2, 0.25) is 0 Å². The maximum atomic E-state index is 8.85. The predicted molar refractivity (Wildman–Crippen MR) is 132 cm³/mol. The molecule has 1 aliphatic rings. The third-order valence-corrected chi connectivity index (χ3v) is 6.25. The molecule has 0 amide bonds. The molecule has 1 atom stereocenters. The van der Waals surface area contributed by atoms with Crippen LogP contribution in [0.1, 0.15) is 42.9 Å². The minimum Gasteiger partial charge on any atom is -0.497 e. The monoisotopic (exact) mass is 434 g/mol. The molecular formula is C28H38N2O2. The fourth-order valence-corrected chi connectivity index (χ4v) is 4.46. The highest BCUT2D eigenvalue weighted by Gasteiger charge is 2.21. The van der Waals surface area contributed by atoms with Crippen LogP contribution in [-0.4, -0.2) is 61.3 Å². The molecule has 1 saturated heterocycles. The summed E-state index contributed by atoms with van der Waals surface area (Å²) in [6, 6.07) is 17.0. The van der Waals surface area contributed by atoms with Crippen molar-refractivity contribution in [3.8, 4) is 17.6 Å². The van der Waals surface area contributed by atoms with Crippen molar-refractivity contribution in [2.75, 3.05) is 46.4 Å². The summed E-state index contributed by atoms with van der Waals surface area (Å²) in [6.07, 6.45) is 4.23. The van der Waals surface area contributed by atoms with E-state index in [0.29, 0.717) is 6.42 Å². The van der Waals surface area contributed by atoms with E-state index in [9.17, 15) is 0 Å². The van der Waals surface area contributed by atoms with E-state index in [1.165, 1.54) is 37.1 Å². The van der Waals surface area contributed by atoms with E-state index in [1.807, 2.05) is 6.07 Å². The van der Waals surface area contributed by atoms with Crippen LogP contribution in [0.15, 0.2) is 48.5 Å². The second-order valence-corrected chi connectivity index (χ2v) is 8.71. The maximum absolute atomic E-state index is 8.85. The number of ether oxygens (including phenoxy) is 1. The molecule has 0 saturated carbocycles. The van der Waals surface area contributed by atoms with Crippen LogP contribution in [0.5, 0.6) is 5.75 Å². The van der Waals surface area contributed by atoms with Crippen molar-refractivity contribution in [3.05, 3.63) is 65.2 Å². The number of rotatable bonds is 10. The van der Waals surface area contributed by atoms with Crippen molar-refractivity contribution in [2.24, 2.45) is 5.92 Å². The van der Waals surface area contributed by atoms with Gasteiger partial charge in [-0.15, -0.1) is 0 Å². The van der Waals surface area contributed by atoms with Crippen molar-refractivity contribution >= 4 is 0 Å². The van der Waals surface area contributed by atoms with Gasteiger partial charge in [0.15, 0.2) is 0 Å². The predicted octanol–water partition coefficient (Wildman–Crippen LogP) is 4.21. The number of aliphatic hydroxyl groups excluding tert-OH is 1. The van der Waals surface area contributed by atoms with E-state index in [0.717, 1.165) is 49.8 Å². The molecule has 0 bridgehead atoms. The number of aliphatic hydroxyl groups is 1. The van der Waals surface area contributed by atoms with Gasteiger partial charge in [-0.05, 0) is 73.7 Å². The normalized spacial score (nSPS) is 16.6. The van der Waals surface area contributed by atoms with E-state index in [2.05, 4.69) is 71.0 Å². The van der Waals surface area contributed by atoms with Gasteiger partial charge in [0, 0.05) is 38.2 Å². The fraction of sp³-hybridized carbons (Fsp3) is 0.500. The van der Waals surface area contributed by atoms with Crippen molar-refractivity contribution in [1.29, 1.82) is 0 Å². The Labute approximate surface area is 194 Å². The number of benzene rings is 2. The zero-order valence-corrected chi connectivity index (χ0v) is 19.7. The minimum atomic E-state index is 0.121. The van der Waals surface area contributed by atoms with Gasteiger partial charge in [0.05, 0.1) is 13.7 Å². The van der Waals surface area contributed by atoms with E-state index >= 15 is 0 Å². The highest BCUT2D eigenvalue weighted by molar-refractivity contribution is 5.36. The van der Waals surface area contributed by atoms with Crippen LogP contribution < -0.4 is 4.74 Å². The van der Waals surface area contributed by atoms with Crippen molar-refractivity contribution in [3.63, 3.8) is 0 Å². The molecule has 32 heavy (non-hydrogen) atoms. The Balaban J connectivity index is 1.47. The molecule has 1 fully saturated rings. The summed E-state index contributed by atoms with van der Waals surface area (Å²) in [4.78, 5) is 5.21. The van der Waals surface area contributed by atoms with Gasteiger partial charge in [-0.3, -0.25) is 4.90 Å². The maximum Gasteiger partial charge on any atom is 0.119 e. The lowest BCUT2D eigenvalue weighted by Crippen LogP contribution is -2.41. The number of hydrogen-bond acceptors (Lipinski definition) is 4. The Morgan fingerprint density at radius 1 is 1.16 bits per heavy atom. The van der Waals surface area contributed by atoms with Crippen molar-refractivity contribution in [2.45, 2.75) is 39.2 Å². The zero-order chi connectivity index (χ0) is 22.6. The summed E-state index contributed by atoms with van der Waals surface area (Å²) in [6.45, 7) is 9.12. The van der Waals surface area contributed by atoms with Crippen LogP contribution in [0.4, 0.5) is 0 Å². The average molecular weight is 435 g/mol. The summed E-state index contributed by atoms with van der Waals surface area (Å²) >= 11 is 0. The van der Waals surface area contributed by atoms with Gasteiger partial charge >= 0.3 is 0 Å². The molecule has 0 unspecified atom stereocenters. The lowest BCUT2D eigenvalue weighted by Gasteiger charge is -2.35. The third kappa shape index (κ3) is 7.98. The number of hydrogen-bond donors (Lipinski definition) is 1. The average Bonchev–Trinajstić information content (AvgIpc) is 2.84. The van der Waals surface area contributed by atoms with Crippen LogP contribution >= 0.6 is 0 Å². The SMILES string of the molecule is CCN(Cc1ccc(C#CCCO)cc1)C[C@@H]1CCCN(CCc2cccc(OC)c2)C1. The van der Waals surface area contributed by atoms with Crippen LogP contribution in [0.2, 0.25) is 0 Å². The largest absolute Gasteiger partial charge is 0.497 e. The lowest BCUT2D eigenvalue weighted by molar-refractivity contribution is 0.133. The Hall–Kier alpha value is -2.32. The molecule has 2 aromatic carbocycles. The topological polar surface area (TPSA) is 35.9 Å². The summed E-state index contributed by atoms with van der Waals surface area (Å²) in [5.41, 5.74) is 3.71. The quantitative estimate of drug-likeness (QED) is 0.569. The standard InChI is InChI=1S/C28H38N2O2/c1-3-29(21-26-14-12-24(13-15-26)8-4-5-19-31)22-27-10-7-17-30(23-27)18-16-25-9-6-11-28(20-25)32-2/h6,9,11-15,20,27,31H,3,5,7,10,16-19,21-23H2,1-2H3/t27-/m0/s1. The molecule has 0 aliphatic carbocycles. The van der Waals surface area contributed by atoms with E-state index in [1.54, 1.807) is 7.11 Å². The minimum absolute atomic E-state index is 0.121. The first kappa shape index (κ1) is 24.3. The van der Waals surface area contributed by atoms with Gasteiger partial charge in [-0.2, -0.15) is 0 Å². The van der Waals surface area contributed by atoms with E-state index < -0.39 is 0 Å². The van der Waals surface area contributed by atoms with Crippen molar-refractivity contribution < 1.29 is 9.84 Å². The van der Waals surface area contributed by atoms with Crippen LogP contribution in [0, 0.1) is 17.8 Å². The molecule has 1 aliphatic heterocycles. The van der Waals surface area contributed by atoms with Gasteiger partial charge in [0.1, 0.15) is 5.75 Å². The molecule has 1 N–H and O–H groups in total. The molecule has 4 heteroatoms. The molecular weight excluding hydrogens is 396 g/mol. The van der Waals surface area contributed by atoms with Gasteiger partial charge in [-0.1, -0.05) is 43.0 Å². The molecule has 172 valence electrons. The van der Waals surface area contributed by atoms with Gasteiger partial charge < -0.3 is 14.7 Å². The van der Waals surface area contributed by atoms with Crippen LogP contribution in [-0.2, 0) is 13.0 Å². The Kier molecular flexibility index (Phi) is 10.1. The highest BCUT2D eigenvalue weighted by atomic mass is 16.5. The number of methoxy groups -OCH3 is 1. The van der Waals surface area contributed by atoms with Crippen molar-refractivity contribution in [1.82, 2.24) is 9.80 Å². The van der Waals surface area contributed by atoms with Gasteiger partial charge in [0.25, 0.3) is 0 Å². The van der Waals surface area contributed by atoms with Crippen LogP contribution in [0.25, 0.3) is 0 Å². The molecule has 0 spiro atoms. The molecule has 4 nitrogen and oxygen atoms in total. The summed E-state index contributed by atoms with van der Waals surface area (Å²) < 4.78 is 5.36. The number of piperidine rings is 1. The van der Waals surface area contributed by atoms with E-state index in [-0.39, 0.29) is 6.61 Å². The number of likely N-dealkylation sites (tertiary alicyclic amines) is 1. The van der Waals surface area contributed by atoms with E-state index in [4.69, 9.17) is 9.84 Å². The van der Waals surface area contributed by atoms with Gasteiger partial charge in [-0.25, -0.2) is 0 Å². The smallest absolute Gasteiger partial charge is 0.119 e. The number of nitrogens with zero attached hydrogens (tertiary/aromatic N) is 2. The highest BCUT2D eigenvalue weighted by Crippen LogP contribution is 2.20. The zero-order valence-electron chi connectivity index (χ0n) is 19.7. The first-order valence-electron chi connectivity index (χ1n) is 12.0. The Morgan fingerprint density at radius 2 is 2.00 bits per heavy atom. The lowest BCUT2D eigenvalue weighted by atomic mass is 9.96. The first-order valence-corrected chi connectivity index (χ1v) is 12.0. The summed E-state index contributed by atoms with van der Waals surface area (Å²) in [5.74, 6) is 7.77. The third-order valence-electron chi connectivity index (χ3n) is 6.25. The molecule has 3 rings (SSSR count). The molecule has 0 radical (unpaired) electrons. The molecule has 2 aromatic rings. The first-order chi connectivity index (χ1) is 15.7. The molecule has 0 aromatic heterocycles. The Morgan fingerprint density at radius 3 is 2.75 bits per heavy atom. The second kappa shape index (κ2) is 13.3. The second-order valence-electron chi connectivity index (χ2n) is 8.71. The summed E-state index contributed by atoms with van der Waals surface area (Å²) in [7, 11) is 1.73. The summed E-state index contributed by atoms with van der Waals surface area (Å²) in [5, 5.41) is 8.85. The fourth-order valence-electron chi connectivity index (χ4n) is 4.46.